The lowest BCUT2D eigenvalue weighted by atomic mass is 10.0. The molecule has 128 valence electrons. The Morgan fingerprint density at radius 2 is 1.24 bits per heavy atom. The Bertz CT molecular complexity index is 328. The van der Waals surface area contributed by atoms with Crippen LogP contribution in [0.3, 0.4) is 0 Å². The van der Waals surface area contributed by atoms with E-state index in [1.54, 1.807) is 0 Å². The van der Waals surface area contributed by atoms with Gasteiger partial charge in [0, 0.05) is 20.6 Å². The molecule has 0 atom stereocenters. The summed E-state index contributed by atoms with van der Waals surface area (Å²) in [6.45, 7) is 0. The van der Waals surface area contributed by atoms with Crippen LogP contribution < -0.4 is 0 Å². The van der Waals surface area contributed by atoms with Crippen molar-refractivity contribution in [2.45, 2.75) is 42.3 Å². The number of ether oxygens (including phenoxy) is 2. The molecule has 21 heavy (non-hydrogen) atoms. The summed E-state index contributed by atoms with van der Waals surface area (Å²) in [6, 6.07) is -0.664. The van der Waals surface area contributed by atoms with Crippen LogP contribution in [0, 0.1) is 0 Å². The van der Waals surface area contributed by atoms with E-state index in [2.05, 4.69) is 9.47 Å². The van der Waals surface area contributed by atoms with Crippen molar-refractivity contribution in [3.63, 3.8) is 0 Å². The molecule has 0 amide bonds. The van der Waals surface area contributed by atoms with Gasteiger partial charge in [-0.2, -0.15) is 39.5 Å². The van der Waals surface area contributed by atoms with E-state index in [1.807, 2.05) is 0 Å². The van der Waals surface area contributed by atoms with Gasteiger partial charge in [-0.3, -0.25) is 0 Å². The molecule has 0 aliphatic carbocycles. The third kappa shape index (κ3) is 4.25. The molecule has 0 aromatic carbocycles. The second-order valence-corrected chi connectivity index (χ2v) is 6.10. The van der Waals surface area contributed by atoms with Crippen LogP contribution in [0.2, 0.25) is 6.04 Å². The lowest BCUT2D eigenvalue weighted by Crippen LogP contribution is -2.60. The first kappa shape index (κ1) is 20.5. The second kappa shape index (κ2) is 6.73. The number of halogens is 9. The Labute approximate surface area is 116 Å². The number of methoxy groups -OCH3 is 2. The third-order valence-electron chi connectivity index (χ3n) is 2.67. The van der Waals surface area contributed by atoms with Gasteiger partial charge in [-0.05, 0) is 0 Å². The largest absolute Gasteiger partial charge is 0.460 e. The zero-order chi connectivity index (χ0) is 17.1. The fourth-order valence-corrected chi connectivity index (χ4v) is 2.84. The fourth-order valence-electron chi connectivity index (χ4n) is 1.39. The van der Waals surface area contributed by atoms with Gasteiger partial charge in [-0.1, -0.05) is 6.04 Å². The molecule has 0 aliphatic heterocycles. The second-order valence-electron chi connectivity index (χ2n) is 4.14. The molecule has 0 aliphatic rings. The van der Waals surface area contributed by atoms with E-state index in [4.69, 9.17) is 0 Å². The third-order valence-corrected chi connectivity index (χ3v) is 4.57. The zero-order valence-corrected chi connectivity index (χ0v) is 12.3. The smallest absolute Gasteiger partial charge is 0.360 e. The van der Waals surface area contributed by atoms with E-state index in [-0.39, 0.29) is 0 Å². The van der Waals surface area contributed by atoms with Gasteiger partial charge in [0.15, 0.2) is 0 Å². The summed E-state index contributed by atoms with van der Waals surface area (Å²) in [5.74, 6) is -19.8. The highest BCUT2D eigenvalue weighted by Crippen LogP contribution is 2.54. The minimum Gasteiger partial charge on any atom is -0.360 e. The Kier molecular flexibility index (Phi) is 6.57. The lowest BCUT2D eigenvalue weighted by Gasteiger charge is -2.33. The SMILES string of the molecule is COC(OC)[SiH2]CCC(F)(F)C(F)(F)C(F)(F)C(F)(F)F. The van der Waals surface area contributed by atoms with E-state index < -0.39 is 51.8 Å². The molecule has 0 saturated heterocycles. The van der Waals surface area contributed by atoms with Gasteiger partial charge in [-0.15, -0.1) is 0 Å². The van der Waals surface area contributed by atoms with Gasteiger partial charge in [0.1, 0.15) is 5.91 Å². The Morgan fingerprint density at radius 3 is 1.57 bits per heavy atom. The molecule has 0 unspecified atom stereocenters. The molecule has 0 aromatic heterocycles. The molecule has 0 heterocycles. The van der Waals surface area contributed by atoms with Crippen LogP contribution in [0.1, 0.15) is 6.42 Å². The minimum atomic E-state index is -6.83. The topological polar surface area (TPSA) is 18.5 Å². The summed E-state index contributed by atoms with van der Waals surface area (Å²) in [7, 11) is 0.615. The molecule has 0 rings (SSSR count). The standard InChI is InChI=1S/C9H13F9O2Si/c1-19-5(20-2)21-4-3-6(10,11)7(12,13)8(14,15)9(16,17)18/h5H,3-4,21H2,1-2H3. The minimum absolute atomic E-state index is 0.664. The van der Waals surface area contributed by atoms with E-state index in [1.165, 1.54) is 0 Å². The van der Waals surface area contributed by atoms with Crippen molar-refractivity contribution in [2.24, 2.45) is 0 Å². The van der Waals surface area contributed by atoms with E-state index >= 15 is 0 Å². The van der Waals surface area contributed by atoms with Gasteiger partial charge in [0.25, 0.3) is 0 Å². The normalized spacial score (nSPS) is 15.4. The molecular weight excluding hydrogens is 339 g/mol. The average molecular weight is 352 g/mol. The zero-order valence-electron chi connectivity index (χ0n) is 10.9. The predicted octanol–water partition coefficient (Wildman–Crippen LogP) is 3.01. The van der Waals surface area contributed by atoms with Crippen LogP contribution in [0.4, 0.5) is 39.5 Å². The molecular formula is C9H13F9O2Si. The maximum absolute atomic E-state index is 13.1. The number of hydrogen-bond donors (Lipinski definition) is 0. The molecule has 12 heteroatoms. The summed E-state index contributed by atoms with van der Waals surface area (Å²) < 4.78 is 122. The summed E-state index contributed by atoms with van der Waals surface area (Å²) >= 11 is 0. The summed E-state index contributed by atoms with van der Waals surface area (Å²) in [5, 5.41) is 0. The molecule has 0 fully saturated rings. The average Bonchev–Trinajstić information content (AvgIpc) is 2.32. The van der Waals surface area contributed by atoms with Crippen LogP contribution in [-0.4, -0.2) is 53.6 Å². The van der Waals surface area contributed by atoms with Crippen molar-refractivity contribution < 1.29 is 49.0 Å². The van der Waals surface area contributed by atoms with E-state index in [9.17, 15) is 39.5 Å². The van der Waals surface area contributed by atoms with E-state index in [0.29, 0.717) is 0 Å². The maximum Gasteiger partial charge on any atom is 0.460 e. The molecule has 0 saturated carbocycles. The molecule has 0 bridgehead atoms. The quantitative estimate of drug-likeness (QED) is 0.380. The van der Waals surface area contributed by atoms with Crippen LogP contribution in [0.15, 0.2) is 0 Å². The molecule has 0 radical (unpaired) electrons. The maximum atomic E-state index is 13.1. The number of hydrogen-bond acceptors (Lipinski definition) is 2. The number of rotatable bonds is 8. The highest BCUT2D eigenvalue weighted by molar-refractivity contribution is 6.36. The van der Waals surface area contributed by atoms with Gasteiger partial charge < -0.3 is 9.47 Å². The van der Waals surface area contributed by atoms with Crippen LogP contribution >= 0.6 is 0 Å². The highest BCUT2D eigenvalue weighted by atomic mass is 28.2. The first-order chi connectivity index (χ1) is 9.24. The van der Waals surface area contributed by atoms with E-state index in [0.717, 1.165) is 14.2 Å². The molecule has 0 N–H and O–H groups in total. The Balaban J connectivity index is 4.96. The molecule has 0 aromatic rings. The monoisotopic (exact) mass is 352 g/mol. The van der Waals surface area contributed by atoms with Gasteiger partial charge in [0.2, 0.25) is 0 Å². The van der Waals surface area contributed by atoms with Crippen molar-refractivity contribution in [1.82, 2.24) is 0 Å². The van der Waals surface area contributed by atoms with Crippen LogP contribution in [0.25, 0.3) is 0 Å². The van der Waals surface area contributed by atoms with Gasteiger partial charge >= 0.3 is 23.9 Å². The summed E-state index contributed by atoms with van der Waals surface area (Å²) in [6.07, 6.45) is -8.60. The highest BCUT2D eigenvalue weighted by Gasteiger charge is 2.81. The van der Waals surface area contributed by atoms with Crippen LogP contribution in [0.5, 0.6) is 0 Å². The predicted molar refractivity (Wildman–Crippen MR) is 56.7 cm³/mol. The molecule has 2 nitrogen and oxygen atoms in total. The van der Waals surface area contributed by atoms with Crippen LogP contribution in [-0.2, 0) is 9.47 Å². The summed E-state index contributed by atoms with van der Waals surface area (Å²) in [4.78, 5) is 0. The van der Waals surface area contributed by atoms with Crippen molar-refractivity contribution >= 4 is 9.52 Å². The Hall–Kier alpha value is -0.493. The fraction of sp³-hybridized carbons (Fsp3) is 1.00. The van der Waals surface area contributed by atoms with Crippen molar-refractivity contribution in [2.75, 3.05) is 14.2 Å². The first-order valence-corrected chi connectivity index (χ1v) is 7.32. The first-order valence-electron chi connectivity index (χ1n) is 5.50. The number of alkyl halides is 9. The molecule has 0 spiro atoms. The van der Waals surface area contributed by atoms with Crippen molar-refractivity contribution in [3.05, 3.63) is 0 Å². The Morgan fingerprint density at radius 1 is 0.810 bits per heavy atom. The van der Waals surface area contributed by atoms with Gasteiger partial charge in [-0.25, -0.2) is 0 Å². The van der Waals surface area contributed by atoms with Gasteiger partial charge in [0.05, 0.1) is 9.52 Å². The summed E-state index contributed by atoms with van der Waals surface area (Å²) in [5.41, 5.74) is 0. The van der Waals surface area contributed by atoms with Crippen molar-refractivity contribution in [3.8, 4) is 0 Å². The lowest BCUT2D eigenvalue weighted by molar-refractivity contribution is -0.396. The van der Waals surface area contributed by atoms with Crippen molar-refractivity contribution in [1.29, 1.82) is 0 Å².